The Kier molecular flexibility index (Phi) is 4.70. The Labute approximate surface area is 115 Å². The summed E-state index contributed by atoms with van der Waals surface area (Å²) in [6.07, 6.45) is 6.70. The first-order valence-electron chi connectivity index (χ1n) is 7.32. The lowest BCUT2D eigenvalue weighted by molar-refractivity contribution is -0.124. The smallest absolute Gasteiger partial charge is 0.144 e. The molecule has 0 aromatic carbocycles. The van der Waals surface area contributed by atoms with Crippen LogP contribution >= 0.6 is 0 Å². The number of nitrogens with two attached hydrogens (primary N) is 1. The van der Waals surface area contributed by atoms with Gasteiger partial charge < -0.3 is 5.73 Å². The van der Waals surface area contributed by atoms with Gasteiger partial charge in [0.25, 0.3) is 0 Å². The molecule has 0 aliphatic heterocycles. The van der Waals surface area contributed by atoms with Crippen molar-refractivity contribution in [1.82, 2.24) is 4.98 Å². The van der Waals surface area contributed by atoms with E-state index >= 15 is 0 Å². The fourth-order valence-corrected chi connectivity index (χ4v) is 2.92. The van der Waals surface area contributed by atoms with Crippen molar-refractivity contribution in [3.8, 4) is 0 Å². The number of hydrogen-bond donors (Lipinski definition) is 1. The number of pyridine rings is 1. The van der Waals surface area contributed by atoms with E-state index in [2.05, 4.69) is 11.1 Å². The number of carbonyl (C=O) groups excluding carboxylic acids is 1. The number of Topliss-reactive ketones (excluding diaryl/α,β-unsaturated/α-hetero) is 1. The highest BCUT2D eigenvalue weighted by Crippen LogP contribution is 2.34. The molecule has 0 saturated heterocycles. The van der Waals surface area contributed by atoms with Crippen LogP contribution in [-0.4, -0.2) is 16.8 Å². The Morgan fingerprint density at radius 1 is 1.47 bits per heavy atom. The molecular formula is C16H24N2O. The molecule has 0 spiro atoms. The zero-order valence-electron chi connectivity index (χ0n) is 11.9. The van der Waals surface area contributed by atoms with Crippen LogP contribution in [0.25, 0.3) is 0 Å². The maximum absolute atomic E-state index is 12.5. The van der Waals surface area contributed by atoms with E-state index < -0.39 is 0 Å². The first kappa shape index (κ1) is 14.2. The highest BCUT2D eigenvalue weighted by molar-refractivity contribution is 5.88. The van der Waals surface area contributed by atoms with Crippen LogP contribution in [0.5, 0.6) is 0 Å². The van der Waals surface area contributed by atoms with Crippen molar-refractivity contribution >= 4 is 5.78 Å². The van der Waals surface area contributed by atoms with Crippen LogP contribution in [0, 0.1) is 5.92 Å². The summed E-state index contributed by atoms with van der Waals surface area (Å²) in [4.78, 5) is 16.9. The van der Waals surface area contributed by atoms with Crippen LogP contribution in [0.1, 0.15) is 56.7 Å². The van der Waals surface area contributed by atoms with E-state index in [0.717, 1.165) is 37.8 Å². The largest absolute Gasteiger partial charge is 0.328 e. The van der Waals surface area contributed by atoms with E-state index in [9.17, 15) is 4.79 Å². The predicted octanol–water partition coefficient (Wildman–Crippen LogP) is 2.83. The molecule has 1 aromatic heterocycles. The summed E-state index contributed by atoms with van der Waals surface area (Å²) in [6.45, 7) is 4.06. The van der Waals surface area contributed by atoms with E-state index in [0.29, 0.717) is 5.78 Å². The topological polar surface area (TPSA) is 56.0 Å². The standard InChI is InChI=1S/C16H24N2O/c1-11(5-3-6-12(2)17)16(19)14-9-8-13-7-4-10-18-15(13)14/h4,7,10-12,14H,3,5-6,8-9,17H2,1-2H3. The maximum Gasteiger partial charge on any atom is 0.144 e. The lowest BCUT2D eigenvalue weighted by atomic mass is 9.88. The molecule has 3 atom stereocenters. The highest BCUT2D eigenvalue weighted by atomic mass is 16.1. The summed E-state index contributed by atoms with van der Waals surface area (Å²) in [5, 5.41) is 0. The number of nitrogens with zero attached hydrogens (tertiary/aromatic N) is 1. The van der Waals surface area contributed by atoms with Crippen molar-refractivity contribution in [3.63, 3.8) is 0 Å². The Balaban J connectivity index is 1.94. The minimum atomic E-state index is 0.0292. The third-order valence-electron chi connectivity index (χ3n) is 4.08. The van der Waals surface area contributed by atoms with Crippen LogP contribution in [0.2, 0.25) is 0 Å². The molecule has 1 aliphatic carbocycles. The number of fused-ring (bicyclic) bond motifs is 1. The van der Waals surface area contributed by atoms with E-state index in [1.165, 1.54) is 5.56 Å². The summed E-state index contributed by atoms with van der Waals surface area (Å²) >= 11 is 0. The van der Waals surface area contributed by atoms with Gasteiger partial charge in [-0.2, -0.15) is 0 Å². The van der Waals surface area contributed by atoms with Gasteiger partial charge >= 0.3 is 0 Å². The second-order valence-corrected chi connectivity index (χ2v) is 5.85. The molecule has 0 amide bonds. The molecule has 3 nitrogen and oxygen atoms in total. The zero-order chi connectivity index (χ0) is 13.8. The molecule has 2 N–H and O–H groups in total. The molecule has 104 valence electrons. The average Bonchev–Trinajstić information content (AvgIpc) is 2.81. The van der Waals surface area contributed by atoms with Crippen LogP contribution < -0.4 is 5.73 Å². The molecule has 0 bridgehead atoms. The van der Waals surface area contributed by atoms with Gasteiger partial charge in [-0.1, -0.05) is 19.4 Å². The van der Waals surface area contributed by atoms with Crippen LogP contribution in [0.4, 0.5) is 0 Å². The molecule has 3 heteroatoms. The summed E-state index contributed by atoms with van der Waals surface area (Å²) in [5.74, 6) is 0.514. The van der Waals surface area contributed by atoms with Gasteiger partial charge in [-0.05, 0) is 44.2 Å². The molecule has 0 fully saturated rings. The van der Waals surface area contributed by atoms with Crippen molar-refractivity contribution in [2.45, 2.75) is 57.9 Å². The van der Waals surface area contributed by atoms with Gasteiger partial charge in [-0.15, -0.1) is 0 Å². The van der Waals surface area contributed by atoms with Crippen molar-refractivity contribution in [3.05, 3.63) is 29.6 Å². The lowest BCUT2D eigenvalue weighted by Gasteiger charge is -2.16. The monoisotopic (exact) mass is 260 g/mol. The first-order chi connectivity index (χ1) is 9.09. The van der Waals surface area contributed by atoms with Gasteiger partial charge in [0.05, 0.1) is 11.6 Å². The van der Waals surface area contributed by atoms with Crippen LogP contribution in [-0.2, 0) is 11.2 Å². The normalized spacial score (nSPS) is 20.9. The van der Waals surface area contributed by atoms with E-state index in [1.807, 2.05) is 19.9 Å². The Morgan fingerprint density at radius 3 is 3.00 bits per heavy atom. The third kappa shape index (κ3) is 3.41. The minimum absolute atomic E-state index is 0.0292. The molecular weight excluding hydrogens is 236 g/mol. The van der Waals surface area contributed by atoms with E-state index in [-0.39, 0.29) is 17.9 Å². The van der Waals surface area contributed by atoms with Crippen LogP contribution in [0.3, 0.4) is 0 Å². The van der Waals surface area contributed by atoms with E-state index in [4.69, 9.17) is 5.73 Å². The number of rotatable bonds is 6. The Morgan fingerprint density at radius 2 is 2.26 bits per heavy atom. The van der Waals surface area contributed by atoms with Gasteiger partial charge in [-0.3, -0.25) is 9.78 Å². The fourth-order valence-electron chi connectivity index (χ4n) is 2.92. The first-order valence-corrected chi connectivity index (χ1v) is 7.32. The summed E-state index contributed by atoms with van der Waals surface area (Å²) in [7, 11) is 0. The second kappa shape index (κ2) is 6.29. The maximum atomic E-state index is 12.5. The number of aryl methyl sites for hydroxylation is 1. The van der Waals surface area contributed by atoms with Gasteiger partial charge in [0.15, 0.2) is 0 Å². The molecule has 1 heterocycles. The lowest BCUT2D eigenvalue weighted by Crippen LogP contribution is -2.20. The summed E-state index contributed by atoms with van der Waals surface area (Å²) in [6, 6.07) is 4.28. The van der Waals surface area contributed by atoms with E-state index in [1.54, 1.807) is 6.20 Å². The summed E-state index contributed by atoms with van der Waals surface area (Å²) in [5.41, 5.74) is 8.02. The molecule has 0 saturated carbocycles. The molecule has 3 unspecified atom stereocenters. The molecule has 1 aliphatic rings. The number of hydrogen-bond acceptors (Lipinski definition) is 3. The number of aromatic nitrogens is 1. The van der Waals surface area contributed by atoms with Gasteiger partial charge in [0, 0.05) is 18.2 Å². The van der Waals surface area contributed by atoms with Crippen molar-refractivity contribution < 1.29 is 4.79 Å². The number of ketones is 1. The third-order valence-corrected chi connectivity index (χ3v) is 4.08. The molecule has 19 heavy (non-hydrogen) atoms. The predicted molar refractivity (Wildman–Crippen MR) is 77.0 cm³/mol. The quantitative estimate of drug-likeness (QED) is 0.855. The number of carbonyl (C=O) groups is 1. The van der Waals surface area contributed by atoms with Gasteiger partial charge in [-0.25, -0.2) is 0 Å². The van der Waals surface area contributed by atoms with Gasteiger partial charge in [0.2, 0.25) is 0 Å². The Bertz CT molecular complexity index is 442. The minimum Gasteiger partial charge on any atom is -0.328 e. The molecule has 0 radical (unpaired) electrons. The Hall–Kier alpha value is -1.22. The fraction of sp³-hybridized carbons (Fsp3) is 0.625. The van der Waals surface area contributed by atoms with Crippen LogP contribution in [0.15, 0.2) is 18.3 Å². The zero-order valence-corrected chi connectivity index (χ0v) is 11.9. The summed E-state index contributed by atoms with van der Waals surface area (Å²) < 4.78 is 0. The molecule has 1 aromatic rings. The highest BCUT2D eigenvalue weighted by Gasteiger charge is 2.31. The van der Waals surface area contributed by atoms with Gasteiger partial charge in [0.1, 0.15) is 5.78 Å². The average molecular weight is 260 g/mol. The SMILES string of the molecule is CC(N)CCCC(C)C(=O)C1CCc2cccnc21. The molecule has 2 rings (SSSR count). The van der Waals surface area contributed by atoms with Crippen molar-refractivity contribution in [2.75, 3.05) is 0 Å². The van der Waals surface area contributed by atoms with Crippen molar-refractivity contribution in [1.29, 1.82) is 0 Å². The van der Waals surface area contributed by atoms with Crippen molar-refractivity contribution in [2.24, 2.45) is 11.7 Å². The second-order valence-electron chi connectivity index (χ2n) is 5.85.